The Morgan fingerprint density at radius 1 is 1.53 bits per heavy atom. The maximum atomic E-state index is 5.86. The number of hydrogen-bond acceptors (Lipinski definition) is 3. The second kappa shape index (κ2) is 4.64. The van der Waals surface area contributed by atoms with Crippen LogP contribution >= 0.6 is 0 Å². The standard InChI is InChI=1S/C12H17NO2/c1-9-5-6-10-3-2-4-11(7-8-14-13)12(10)15-9/h2-4,9H,5-8,13H2,1H3. The van der Waals surface area contributed by atoms with Crippen molar-refractivity contribution in [2.24, 2.45) is 5.90 Å². The Morgan fingerprint density at radius 3 is 3.20 bits per heavy atom. The molecule has 82 valence electrons. The van der Waals surface area contributed by atoms with Crippen molar-refractivity contribution in [3.63, 3.8) is 0 Å². The van der Waals surface area contributed by atoms with Crippen molar-refractivity contribution in [3.8, 4) is 5.75 Å². The predicted octanol–water partition coefficient (Wildman–Crippen LogP) is 1.83. The summed E-state index contributed by atoms with van der Waals surface area (Å²) in [6.07, 6.45) is 3.33. The van der Waals surface area contributed by atoms with E-state index in [-0.39, 0.29) is 0 Å². The van der Waals surface area contributed by atoms with E-state index in [4.69, 9.17) is 10.6 Å². The monoisotopic (exact) mass is 207 g/mol. The van der Waals surface area contributed by atoms with Gasteiger partial charge in [0.2, 0.25) is 0 Å². The van der Waals surface area contributed by atoms with E-state index in [1.54, 1.807) is 0 Å². The minimum absolute atomic E-state index is 0.317. The molecule has 0 aliphatic carbocycles. The van der Waals surface area contributed by atoms with Crippen LogP contribution in [0.3, 0.4) is 0 Å². The third kappa shape index (κ3) is 2.30. The molecule has 1 aliphatic heterocycles. The molecule has 1 aromatic rings. The summed E-state index contributed by atoms with van der Waals surface area (Å²) in [4.78, 5) is 4.61. The molecule has 0 amide bonds. The highest BCUT2D eigenvalue weighted by Gasteiger charge is 2.18. The number of ether oxygens (including phenoxy) is 1. The lowest BCUT2D eigenvalue weighted by molar-refractivity contribution is 0.138. The minimum Gasteiger partial charge on any atom is -0.490 e. The number of para-hydroxylation sites is 1. The lowest BCUT2D eigenvalue weighted by atomic mass is 9.98. The van der Waals surface area contributed by atoms with Gasteiger partial charge in [-0.05, 0) is 30.9 Å². The van der Waals surface area contributed by atoms with Crippen LogP contribution in [0, 0.1) is 0 Å². The fourth-order valence-corrected chi connectivity index (χ4v) is 1.97. The van der Waals surface area contributed by atoms with Crippen molar-refractivity contribution in [2.75, 3.05) is 6.61 Å². The van der Waals surface area contributed by atoms with Gasteiger partial charge in [-0.2, -0.15) is 0 Å². The molecule has 1 heterocycles. The zero-order valence-corrected chi connectivity index (χ0v) is 9.03. The van der Waals surface area contributed by atoms with Gasteiger partial charge in [-0.15, -0.1) is 0 Å². The lowest BCUT2D eigenvalue weighted by Gasteiger charge is -2.25. The fraction of sp³-hybridized carbons (Fsp3) is 0.500. The molecule has 1 unspecified atom stereocenters. The van der Waals surface area contributed by atoms with Crippen molar-refractivity contribution in [1.82, 2.24) is 0 Å². The molecule has 0 saturated carbocycles. The van der Waals surface area contributed by atoms with Gasteiger partial charge in [0.05, 0.1) is 12.7 Å². The van der Waals surface area contributed by atoms with Crippen LogP contribution in [0.5, 0.6) is 5.75 Å². The molecule has 15 heavy (non-hydrogen) atoms. The van der Waals surface area contributed by atoms with E-state index in [9.17, 15) is 0 Å². The number of hydrogen-bond donors (Lipinski definition) is 1. The van der Waals surface area contributed by atoms with Gasteiger partial charge in [0, 0.05) is 6.42 Å². The summed E-state index contributed by atoms with van der Waals surface area (Å²) in [6, 6.07) is 6.29. The quantitative estimate of drug-likeness (QED) is 0.769. The molecular formula is C12H17NO2. The number of aryl methyl sites for hydroxylation is 1. The highest BCUT2D eigenvalue weighted by molar-refractivity contribution is 5.43. The van der Waals surface area contributed by atoms with E-state index in [0.29, 0.717) is 12.7 Å². The van der Waals surface area contributed by atoms with Gasteiger partial charge in [0.1, 0.15) is 5.75 Å². The van der Waals surface area contributed by atoms with Crippen molar-refractivity contribution in [2.45, 2.75) is 32.3 Å². The molecule has 0 spiro atoms. The van der Waals surface area contributed by atoms with Crippen LogP contribution in [0.1, 0.15) is 24.5 Å². The van der Waals surface area contributed by atoms with E-state index >= 15 is 0 Å². The molecule has 0 aromatic heterocycles. The second-order valence-electron chi connectivity index (χ2n) is 3.99. The summed E-state index contributed by atoms with van der Waals surface area (Å²) in [5, 5.41) is 0. The van der Waals surface area contributed by atoms with Crippen molar-refractivity contribution in [1.29, 1.82) is 0 Å². The fourth-order valence-electron chi connectivity index (χ4n) is 1.97. The van der Waals surface area contributed by atoms with Gasteiger partial charge in [0.25, 0.3) is 0 Å². The Morgan fingerprint density at radius 2 is 2.40 bits per heavy atom. The van der Waals surface area contributed by atoms with Gasteiger partial charge in [0.15, 0.2) is 0 Å². The Kier molecular flexibility index (Phi) is 3.23. The molecule has 1 aliphatic rings. The summed E-state index contributed by atoms with van der Waals surface area (Å²) in [5.41, 5.74) is 2.51. The van der Waals surface area contributed by atoms with Crippen LogP contribution in [-0.2, 0) is 17.7 Å². The first-order valence-corrected chi connectivity index (χ1v) is 5.40. The maximum absolute atomic E-state index is 5.86. The number of benzene rings is 1. The highest BCUT2D eigenvalue weighted by Crippen LogP contribution is 2.31. The molecule has 0 bridgehead atoms. The van der Waals surface area contributed by atoms with E-state index in [0.717, 1.165) is 25.0 Å². The number of fused-ring (bicyclic) bond motifs is 1. The molecule has 1 atom stereocenters. The van der Waals surface area contributed by atoms with Gasteiger partial charge in [-0.1, -0.05) is 18.2 Å². The molecule has 2 N–H and O–H groups in total. The van der Waals surface area contributed by atoms with Crippen LogP contribution in [0.15, 0.2) is 18.2 Å². The third-order valence-corrected chi connectivity index (χ3v) is 2.81. The van der Waals surface area contributed by atoms with Gasteiger partial charge in [-0.25, -0.2) is 5.90 Å². The summed E-state index contributed by atoms with van der Waals surface area (Å²) in [5.74, 6) is 6.09. The smallest absolute Gasteiger partial charge is 0.126 e. The van der Waals surface area contributed by atoms with E-state index in [2.05, 4.69) is 30.0 Å². The highest BCUT2D eigenvalue weighted by atomic mass is 16.6. The minimum atomic E-state index is 0.317. The first kappa shape index (κ1) is 10.5. The predicted molar refractivity (Wildman–Crippen MR) is 58.7 cm³/mol. The molecule has 0 fully saturated rings. The Balaban J connectivity index is 2.23. The van der Waals surface area contributed by atoms with E-state index in [1.165, 1.54) is 11.1 Å². The van der Waals surface area contributed by atoms with Crippen molar-refractivity contribution < 1.29 is 9.57 Å². The second-order valence-corrected chi connectivity index (χ2v) is 3.99. The summed E-state index contributed by atoms with van der Waals surface area (Å²) in [6.45, 7) is 2.65. The topological polar surface area (TPSA) is 44.5 Å². The maximum Gasteiger partial charge on any atom is 0.126 e. The third-order valence-electron chi connectivity index (χ3n) is 2.81. The zero-order chi connectivity index (χ0) is 10.7. The largest absolute Gasteiger partial charge is 0.490 e. The Labute approximate surface area is 90.1 Å². The average molecular weight is 207 g/mol. The summed E-state index contributed by atoms with van der Waals surface area (Å²) in [7, 11) is 0. The van der Waals surface area contributed by atoms with E-state index in [1.807, 2.05) is 0 Å². The van der Waals surface area contributed by atoms with Crippen LogP contribution < -0.4 is 10.6 Å². The lowest BCUT2D eigenvalue weighted by Crippen LogP contribution is -2.20. The van der Waals surface area contributed by atoms with Crippen LogP contribution in [0.25, 0.3) is 0 Å². The van der Waals surface area contributed by atoms with E-state index < -0.39 is 0 Å². The summed E-state index contributed by atoms with van der Waals surface area (Å²) < 4.78 is 5.86. The zero-order valence-electron chi connectivity index (χ0n) is 9.03. The SMILES string of the molecule is CC1CCc2cccc(CCON)c2O1. The molecule has 3 nitrogen and oxygen atoms in total. The van der Waals surface area contributed by atoms with Crippen molar-refractivity contribution in [3.05, 3.63) is 29.3 Å². The van der Waals surface area contributed by atoms with Gasteiger partial charge >= 0.3 is 0 Å². The Hall–Kier alpha value is -1.06. The molecule has 1 aromatic carbocycles. The molecule has 0 saturated heterocycles. The number of nitrogens with two attached hydrogens (primary N) is 1. The molecule has 2 rings (SSSR count). The Bertz CT molecular complexity index is 338. The molecule has 0 radical (unpaired) electrons. The first-order chi connectivity index (χ1) is 7.31. The van der Waals surface area contributed by atoms with Crippen LogP contribution in [0.2, 0.25) is 0 Å². The number of rotatable bonds is 3. The normalized spacial score (nSPS) is 19.5. The molecule has 3 heteroatoms. The first-order valence-electron chi connectivity index (χ1n) is 5.40. The van der Waals surface area contributed by atoms with Crippen LogP contribution in [-0.4, -0.2) is 12.7 Å². The van der Waals surface area contributed by atoms with Crippen molar-refractivity contribution >= 4 is 0 Å². The summed E-state index contributed by atoms with van der Waals surface area (Å²) >= 11 is 0. The van der Waals surface area contributed by atoms with Crippen LogP contribution in [0.4, 0.5) is 0 Å². The molecular weight excluding hydrogens is 190 g/mol. The van der Waals surface area contributed by atoms with Gasteiger partial charge in [-0.3, -0.25) is 0 Å². The van der Waals surface area contributed by atoms with Gasteiger partial charge < -0.3 is 9.57 Å². The average Bonchev–Trinajstić information content (AvgIpc) is 2.26.